The topological polar surface area (TPSA) is 187 Å². The Kier molecular flexibility index (Phi) is 6.87. The van der Waals surface area contributed by atoms with Crippen molar-refractivity contribution in [2.24, 2.45) is 5.73 Å². The molecule has 0 radical (unpaired) electrons. The maximum absolute atomic E-state index is 13.2. The maximum Gasteiger partial charge on any atom is 0.325 e. The molecule has 0 aromatic carbocycles. The summed E-state index contributed by atoms with van der Waals surface area (Å²) in [7, 11) is 0. The number of hydrogen-bond donors (Lipinski definition) is 3. The van der Waals surface area contributed by atoms with Crippen LogP contribution in [0.1, 0.15) is 18.9 Å². The highest BCUT2D eigenvalue weighted by Crippen LogP contribution is 2.23. The second kappa shape index (κ2) is 10.2. The van der Waals surface area contributed by atoms with Gasteiger partial charge in [-0.2, -0.15) is 0 Å². The van der Waals surface area contributed by atoms with Gasteiger partial charge in [-0.3, -0.25) is 14.4 Å². The Balaban J connectivity index is 1.57. The van der Waals surface area contributed by atoms with E-state index in [2.05, 4.69) is 30.9 Å². The lowest BCUT2D eigenvalue weighted by Gasteiger charge is -2.30. The van der Waals surface area contributed by atoms with E-state index in [9.17, 15) is 14.4 Å². The predicted molar refractivity (Wildman–Crippen MR) is 117 cm³/mol. The van der Waals surface area contributed by atoms with E-state index in [4.69, 9.17) is 10.8 Å². The van der Waals surface area contributed by atoms with Gasteiger partial charge in [-0.15, -0.1) is 10.2 Å². The van der Waals surface area contributed by atoms with Crippen LogP contribution in [0.2, 0.25) is 0 Å². The Morgan fingerprint density at radius 1 is 1.03 bits per heavy atom. The molecule has 14 nitrogen and oxygen atoms in total. The summed E-state index contributed by atoms with van der Waals surface area (Å²) in [5.74, 6) is -1.67. The summed E-state index contributed by atoms with van der Waals surface area (Å²) in [5.41, 5.74) is 7.12. The quantitative estimate of drug-likeness (QED) is 0.349. The number of carbonyl (C=O) groups excluding carboxylic acids is 2. The van der Waals surface area contributed by atoms with Gasteiger partial charge in [-0.05, 0) is 18.6 Å². The van der Waals surface area contributed by atoms with E-state index in [0.29, 0.717) is 49.0 Å². The van der Waals surface area contributed by atoms with Gasteiger partial charge in [0.05, 0.1) is 23.8 Å². The highest BCUT2D eigenvalue weighted by molar-refractivity contribution is 5.82. The van der Waals surface area contributed by atoms with Crippen LogP contribution in [-0.2, 0) is 20.9 Å². The minimum atomic E-state index is -1.03. The average molecular weight is 468 g/mol. The zero-order chi connectivity index (χ0) is 24.1. The SMILES string of the molecule is NC(=O)CC[C@@H](C(=O)N1CCNCC1)n1cc(-c2cccc(-c3cn(CC(=O)O)nn3)n2)nn1. The van der Waals surface area contributed by atoms with Crippen molar-refractivity contribution in [1.82, 2.24) is 45.2 Å². The van der Waals surface area contributed by atoms with Gasteiger partial charge in [0.25, 0.3) is 0 Å². The van der Waals surface area contributed by atoms with Crippen molar-refractivity contribution in [3.8, 4) is 22.8 Å². The van der Waals surface area contributed by atoms with Crippen LogP contribution in [0.4, 0.5) is 0 Å². The number of pyridine rings is 1. The van der Waals surface area contributed by atoms with E-state index >= 15 is 0 Å². The third kappa shape index (κ3) is 5.40. The molecule has 0 unspecified atom stereocenters. The summed E-state index contributed by atoms with van der Waals surface area (Å²) >= 11 is 0. The molecular weight excluding hydrogens is 444 g/mol. The molecule has 1 aliphatic rings. The van der Waals surface area contributed by atoms with Gasteiger partial charge in [-0.25, -0.2) is 14.3 Å². The Bertz CT molecular complexity index is 1180. The lowest BCUT2D eigenvalue weighted by atomic mass is 10.1. The summed E-state index contributed by atoms with van der Waals surface area (Å²) in [4.78, 5) is 41.7. The molecule has 1 atom stereocenters. The lowest BCUT2D eigenvalue weighted by Crippen LogP contribution is -2.49. The third-order valence-electron chi connectivity index (χ3n) is 5.32. The number of nitrogens with zero attached hydrogens (tertiary/aromatic N) is 8. The zero-order valence-corrected chi connectivity index (χ0v) is 18.2. The van der Waals surface area contributed by atoms with Crippen LogP contribution in [0, 0.1) is 0 Å². The average Bonchev–Trinajstić information content (AvgIpc) is 3.49. The van der Waals surface area contributed by atoms with Gasteiger partial charge in [0.1, 0.15) is 24.0 Å². The summed E-state index contributed by atoms with van der Waals surface area (Å²) in [6, 6.07) is 4.48. The molecule has 1 saturated heterocycles. The van der Waals surface area contributed by atoms with Crippen molar-refractivity contribution in [2.75, 3.05) is 26.2 Å². The molecular formula is C20H24N10O4. The van der Waals surface area contributed by atoms with Gasteiger partial charge in [0.15, 0.2) is 0 Å². The van der Waals surface area contributed by atoms with E-state index in [0.717, 1.165) is 0 Å². The Labute approximate surface area is 193 Å². The number of aromatic nitrogens is 7. The molecule has 14 heteroatoms. The molecule has 1 fully saturated rings. The smallest absolute Gasteiger partial charge is 0.325 e. The number of carboxylic acid groups (broad SMARTS) is 1. The minimum absolute atomic E-state index is 0.0391. The predicted octanol–water partition coefficient (Wildman–Crippen LogP) is -1.08. The number of aliphatic carboxylic acids is 1. The summed E-state index contributed by atoms with van der Waals surface area (Å²) in [6.45, 7) is 2.23. The van der Waals surface area contributed by atoms with Crippen molar-refractivity contribution in [3.05, 3.63) is 30.6 Å². The van der Waals surface area contributed by atoms with Crippen LogP contribution in [0.3, 0.4) is 0 Å². The van der Waals surface area contributed by atoms with Gasteiger partial charge in [0, 0.05) is 32.6 Å². The first-order valence-corrected chi connectivity index (χ1v) is 10.7. The largest absolute Gasteiger partial charge is 0.480 e. The van der Waals surface area contributed by atoms with E-state index in [1.54, 1.807) is 29.3 Å². The van der Waals surface area contributed by atoms with Crippen molar-refractivity contribution < 1.29 is 19.5 Å². The number of carboxylic acids is 1. The Morgan fingerprint density at radius 3 is 2.38 bits per heavy atom. The summed E-state index contributed by atoms with van der Waals surface area (Å²) < 4.78 is 2.65. The maximum atomic E-state index is 13.2. The molecule has 3 aromatic rings. The van der Waals surface area contributed by atoms with Crippen LogP contribution < -0.4 is 11.1 Å². The number of carbonyl (C=O) groups is 3. The van der Waals surface area contributed by atoms with Crippen LogP contribution >= 0.6 is 0 Å². The fourth-order valence-electron chi connectivity index (χ4n) is 3.64. The molecule has 1 aliphatic heterocycles. The molecule has 3 aromatic heterocycles. The first-order valence-electron chi connectivity index (χ1n) is 10.7. The fraction of sp³-hybridized carbons (Fsp3) is 0.400. The van der Waals surface area contributed by atoms with Crippen molar-refractivity contribution >= 4 is 17.8 Å². The molecule has 0 saturated carbocycles. The van der Waals surface area contributed by atoms with Crippen LogP contribution in [-0.4, -0.2) is 88.9 Å². The molecule has 0 bridgehead atoms. The van der Waals surface area contributed by atoms with Crippen molar-refractivity contribution in [3.63, 3.8) is 0 Å². The molecule has 0 spiro atoms. The van der Waals surface area contributed by atoms with Gasteiger partial charge in [0.2, 0.25) is 11.8 Å². The van der Waals surface area contributed by atoms with E-state index < -0.39 is 17.9 Å². The molecule has 34 heavy (non-hydrogen) atoms. The highest BCUT2D eigenvalue weighted by Gasteiger charge is 2.28. The number of amides is 2. The van der Waals surface area contributed by atoms with Crippen molar-refractivity contribution in [2.45, 2.75) is 25.4 Å². The van der Waals surface area contributed by atoms with Crippen molar-refractivity contribution in [1.29, 1.82) is 0 Å². The lowest BCUT2D eigenvalue weighted by molar-refractivity contribution is -0.138. The molecule has 2 amide bonds. The third-order valence-corrected chi connectivity index (χ3v) is 5.32. The number of hydrogen-bond acceptors (Lipinski definition) is 9. The van der Waals surface area contributed by atoms with Gasteiger partial charge >= 0.3 is 5.97 Å². The normalized spacial score (nSPS) is 14.6. The molecule has 0 aliphatic carbocycles. The summed E-state index contributed by atoms with van der Waals surface area (Å²) in [5, 5.41) is 28.2. The highest BCUT2D eigenvalue weighted by atomic mass is 16.4. The molecule has 4 heterocycles. The Hall–Kier alpha value is -4.20. The minimum Gasteiger partial charge on any atom is -0.480 e. The fourth-order valence-corrected chi connectivity index (χ4v) is 3.64. The zero-order valence-electron chi connectivity index (χ0n) is 18.2. The second-order valence-corrected chi connectivity index (χ2v) is 7.78. The van der Waals surface area contributed by atoms with Gasteiger partial charge in [-0.1, -0.05) is 16.5 Å². The standard InChI is InChI=1S/C20H24N10O4/c21-18(31)5-4-17(20(34)28-8-6-22-7-9-28)30-11-16(25-27-30)14-3-1-2-13(23-14)15-10-29(26-24-15)12-19(32)33/h1-3,10-11,17,22H,4-9,12H2,(H2,21,31)(H,32,33)/t17-/m0/s1. The van der Waals surface area contributed by atoms with Crippen LogP contribution in [0.5, 0.6) is 0 Å². The van der Waals surface area contributed by atoms with Crippen LogP contribution in [0.15, 0.2) is 30.6 Å². The van der Waals surface area contributed by atoms with E-state index in [1.807, 2.05) is 0 Å². The van der Waals surface area contributed by atoms with E-state index in [-0.39, 0.29) is 25.3 Å². The second-order valence-electron chi connectivity index (χ2n) is 7.78. The number of primary amides is 1. The first-order chi connectivity index (χ1) is 16.4. The summed E-state index contributed by atoms with van der Waals surface area (Å²) in [6.07, 6.45) is 3.35. The number of nitrogens with two attached hydrogens (primary N) is 1. The number of piperazine rings is 1. The van der Waals surface area contributed by atoms with Gasteiger partial charge < -0.3 is 21.1 Å². The molecule has 4 rings (SSSR count). The molecule has 4 N–H and O–H groups in total. The first kappa shape index (κ1) is 23.0. The Morgan fingerprint density at radius 2 is 1.71 bits per heavy atom. The van der Waals surface area contributed by atoms with Crippen LogP contribution in [0.25, 0.3) is 22.8 Å². The number of rotatable bonds is 9. The van der Waals surface area contributed by atoms with E-state index in [1.165, 1.54) is 15.6 Å². The molecule has 178 valence electrons. The monoisotopic (exact) mass is 468 g/mol. The number of nitrogens with one attached hydrogen (secondary N) is 1.